The van der Waals surface area contributed by atoms with E-state index in [9.17, 15) is 0 Å². The Hall–Kier alpha value is -0.760. The van der Waals surface area contributed by atoms with Gasteiger partial charge in [0.2, 0.25) is 0 Å². The largest absolute Gasteiger partial charge is 0.489 e. The van der Waals surface area contributed by atoms with Gasteiger partial charge in [0.05, 0.1) is 6.10 Å². The van der Waals surface area contributed by atoms with Gasteiger partial charge in [-0.1, -0.05) is 25.4 Å². The van der Waals surface area contributed by atoms with E-state index in [1.54, 1.807) is 6.20 Å². The van der Waals surface area contributed by atoms with E-state index in [0.29, 0.717) is 17.0 Å². The van der Waals surface area contributed by atoms with Gasteiger partial charge < -0.3 is 4.74 Å². The Morgan fingerprint density at radius 2 is 2.21 bits per heavy atom. The molecule has 0 bridgehead atoms. The lowest BCUT2D eigenvalue weighted by Gasteiger charge is -2.09. The Labute approximate surface area is 89.3 Å². The third-order valence-corrected chi connectivity index (χ3v) is 2.53. The summed E-state index contributed by atoms with van der Waals surface area (Å²) in [5, 5.41) is 0.612. The van der Waals surface area contributed by atoms with Crippen LogP contribution in [0.1, 0.15) is 38.3 Å². The fourth-order valence-corrected chi connectivity index (χ4v) is 1.35. The maximum atomic E-state index is 5.99. The van der Waals surface area contributed by atoms with Crippen molar-refractivity contribution >= 4 is 11.6 Å². The minimum atomic E-state index is 0.384. The monoisotopic (exact) mass is 211 g/mol. The number of halogens is 1. The average Bonchev–Trinajstić information content (AvgIpc) is 2.92. The summed E-state index contributed by atoms with van der Waals surface area (Å²) in [7, 11) is 0. The van der Waals surface area contributed by atoms with Crippen LogP contribution in [0.5, 0.6) is 5.75 Å². The molecule has 0 aliphatic heterocycles. The summed E-state index contributed by atoms with van der Waals surface area (Å²) in [4.78, 5) is 4.25. The van der Waals surface area contributed by atoms with E-state index in [4.69, 9.17) is 16.3 Å². The third-order valence-electron chi connectivity index (χ3n) is 2.25. The summed E-state index contributed by atoms with van der Waals surface area (Å²) in [5.74, 6) is 1.20. The average molecular weight is 212 g/mol. The Morgan fingerprint density at radius 3 is 2.79 bits per heavy atom. The number of pyridine rings is 1. The Balaban J connectivity index is 2.21. The molecule has 2 rings (SSSR count). The van der Waals surface area contributed by atoms with Gasteiger partial charge in [0.15, 0.2) is 0 Å². The number of hydrogen-bond acceptors (Lipinski definition) is 2. The van der Waals surface area contributed by atoms with Gasteiger partial charge in [0.25, 0.3) is 0 Å². The van der Waals surface area contributed by atoms with Crippen LogP contribution in [0.3, 0.4) is 0 Å². The van der Waals surface area contributed by atoms with Gasteiger partial charge >= 0.3 is 0 Å². The number of rotatable bonds is 3. The van der Waals surface area contributed by atoms with Crippen molar-refractivity contribution in [2.75, 3.05) is 0 Å². The molecular weight excluding hydrogens is 198 g/mol. The van der Waals surface area contributed by atoms with Crippen LogP contribution in [-0.2, 0) is 0 Å². The van der Waals surface area contributed by atoms with Crippen LogP contribution in [-0.4, -0.2) is 11.1 Å². The molecule has 0 radical (unpaired) electrons. The fourth-order valence-electron chi connectivity index (χ4n) is 1.21. The molecule has 1 heterocycles. The fraction of sp³-hybridized carbons (Fsp3) is 0.545. The highest BCUT2D eigenvalue weighted by Crippen LogP contribution is 2.32. The first-order valence-corrected chi connectivity index (χ1v) is 5.36. The molecule has 1 aromatic rings. The highest BCUT2D eigenvalue weighted by molar-refractivity contribution is 6.31. The summed E-state index contributed by atoms with van der Waals surface area (Å²) >= 11 is 5.99. The summed E-state index contributed by atoms with van der Waals surface area (Å²) in [6, 6.07) is 1.95. The molecule has 1 aliphatic rings. The minimum Gasteiger partial charge on any atom is -0.489 e. The van der Waals surface area contributed by atoms with Gasteiger partial charge in [0.1, 0.15) is 10.8 Å². The normalized spacial score (nSPS) is 16.0. The standard InChI is InChI=1S/C11H14ClNO/c1-7(2)10-5-11(9(12)6-13-10)14-8-3-4-8/h5-8H,3-4H2,1-2H3. The highest BCUT2D eigenvalue weighted by atomic mass is 35.5. The van der Waals surface area contributed by atoms with Crippen LogP contribution in [0, 0.1) is 0 Å². The number of hydrogen-bond donors (Lipinski definition) is 0. The summed E-state index contributed by atoms with van der Waals surface area (Å²) < 4.78 is 5.67. The van der Waals surface area contributed by atoms with E-state index in [2.05, 4.69) is 18.8 Å². The quantitative estimate of drug-likeness (QED) is 0.765. The van der Waals surface area contributed by atoms with Crippen molar-refractivity contribution in [3.05, 3.63) is 23.0 Å². The molecule has 0 aromatic carbocycles. The van der Waals surface area contributed by atoms with Crippen LogP contribution in [0.15, 0.2) is 12.3 Å². The summed E-state index contributed by atoms with van der Waals surface area (Å²) in [5.41, 5.74) is 1.03. The molecule has 0 atom stereocenters. The second-order valence-electron chi connectivity index (χ2n) is 4.01. The molecule has 0 saturated heterocycles. The third kappa shape index (κ3) is 2.18. The van der Waals surface area contributed by atoms with Crippen molar-refractivity contribution < 1.29 is 4.74 Å². The van der Waals surface area contributed by atoms with E-state index in [1.807, 2.05) is 6.07 Å². The zero-order valence-corrected chi connectivity index (χ0v) is 9.21. The highest BCUT2D eigenvalue weighted by Gasteiger charge is 2.24. The maximum absolute atomic E-state index is 5.99. The molecule has 1 fully saturated rings. The second-order valence-corrected chi connectivity index (χ2v) is 4.42. The smallest absolute Gasteiger partial charge is 0.141 e. The molecule has 0 amide bonds. The lowest BCUT2D eigenvalue weighted by Crippen LogP contribution is -1.99. The van der Waals surface area contributed by atoms with Crippen molar-refractivity contribution in [3.8, 4) is 5.75 Å². The molecule has 3 heteroatoms. The van der Waals surface area contributed by atoms with Crippen LogP contribution >= 0.6 is 11.6 Å². The lowest BCUT2D eigenvalue weighted by atomic mass is 10.1. The zero-order chi connectivity index (χ0) is 10.1. The SMILES string of the molecule is CC(C)c1cc(OC2CC2)c(Cl)cn1. The van der Waals surface area contributed by atoms with Gasteiger partial charge in [-0.05, 0) is 18.8 Å². The van der Waals surface area contributed by atoms with Gasteiger partial charge in [-0.25, -0.2) is 0 Å². The van der Waals surface area contributed by atoms with Crippen LogP contribution in [0.4, 0.5) is 0 Å². The van der Waals surface area contributed by atoms with E-state index in [-0.39, 0.29) is 0 Å². The van der Waals surface area contributed by atoms with Crippen LogP contribution < -0.4 is 4.74 Å². The summed E-state index contributed by atoms with van der Waals surface area (Å²) in [6.07, 6.45) is 4.36. The topological polar surface area (TPSA) is 22.1 Å². The minimum absolute atomic E-state index is 0.384. The first-order chi connectivity index (χ1) is 6.66. The zero-order valence-electron chi connectivity index (χ0n) is 8.46. The summed E-state index contributed by atoms with van der Waals surface area (Å²) in [6.45, 7) is 4.22. The molecule has 0 unspecified atom stereocenters. The van der Waals surface area contributed by atoms with Gasteiger partial charge in [-0.15, -0.1) is 0 Å². The first kappa shape index (κ1) is 9.78. The first-order valence-electron chi connectivity index (χ1n) is 4.99. The number of aromatic nitrogens is 1. The van der Waals surface area contributed by atoms with Crippen molar-refractivity contribution in [2.45, 2.75) is 38.7 Å². The number of ether oxygens (including phenoxy) is 1. The van der Waals surface area contributed by atoms with E-state index in [0.717, 1.165) is 24.3 Å². The predicted octanol–water partition coefficient (Wildman–Crippen LogP) is 3.40. The molecule has 14 heavy (non-hydrogen) atoms. The van der Waals surface area contributed by atoms with E-state index >= 15 is 0 Å². The molecule has 0 spiro atoms. The Kier molecular flexibility index (Phi) is 2.64. The van der Waals surface area contributed by atoms with E-state index < -0.39 is 0 Å². The molecule has 2 nitrogen and oxygen atoms in total. The van der Waals surface area contributed by atoms with Crippen molar-refractivity contribution in [3.63, 3.8) is 0 Å². The Bertz CT molecular complexity index is 334. The molecule has 0 N–H and O–H groups in total. The van der Waals surface area contributed by atoms with Crippen LogP contribution in [0.25, 0.3) is 0 Å². The van der Waals surface area contributed by atoms with Crippen molar-refractivity contribution in [2.24, 2.45) is 0 Å². The molecule has 76 valence electrons. The van der Waals surface area contributed by atoms with Crippen LogP contribution in [0.2, 0.25) is 5.02 Å². The maximum Gasteiger partial charge on any atom is 0.141 e. The van der Waals surface area contributed by atoms with Crippen molar-refractivity contribution in [1.82, 2.24) is 4.98 Å². The second kappa shape index (κ2) is 3.77. The Morgan fingerprint density at radius 1 is 1.50 bits per heavy atom. The van der Waals surface area contributed by atoms with Crippen molar-refractivity contribution in [1.29, 1.82) is 0 Å². The van der Waals surface area contributed by atoms with Gasteiger partial charge in [-0.3, -0.25) is 4.98 Å². The lowest BCUT2D eigenvalue weighted by molar-refractivity contribution is 0.302. The van der Waals surface area contributed by atoms with Gasteiger partial charge in [0, 0.05) is 18.0 Å². The molecule has 1 saturated carbocycles. The van der Waals surface area contributed by atoms with Gasteiger partial charge in [-0.2, -0.15) is 0 Å². The molecular formula is C11H14ClNO. The number of nitrogens with zero attached hydrogens (tertiary/aromatic N) is 1. The predicted molar refractivity (Wildman–Crippen MR) is 57.0 cm³/mol. The van der Waals surface area contributed by atoms with E-state index in [1.165, 1.54) is 0 Å². The molecule has 1 aliphatic carbocycles. The molecule has 1 aromatic heterocycles.